The second kappa shape index (κ2) is 7.40. The smallest absolute Gasteiger partial charge is 0.164 e. The van der Waals surface area contributed by atoms with Crippen LogP contribution in [-0.2, 0) is 10.2 Å². The highest BCUT2D eigenvalue weighted by Crippen LogP contribution is 2.54. The fourth-order valence-corrected chi connectivity index (χ4v) is 5.59. The molecule has 0 fully saturated rings. The molecule has 3 aliphatic rings. The number of azo groups is 1. The van der Waals surface area contributed by atoms with E-state index in [0.29, 0.717) is 6.42 Å². The maximum absolute atomic E-state index is 13.6. The summed E-state index contributed by atoms with van der Waals surface area (Å²) in [5.74, 6) is 0.227. The number of rotatable bonds is 4. The first-order valence-electron chi connectivity index (χ1n) is 11.2. The van der Waals surface area contributed by atoms with Crippen LogP contribution >= 0.6 is 0 Å². The van der Waals surface area contributed by atoms with E-state index in [1.165, 1.54) is 0 Å². The van der Waals surface area contributed by atoms with Crippen LogP contribution in [0.25, 0.3) is 0 Å². The third kappa shape index (κ3) is 3.08. The lowest BCUT2D eigenvalue weighted by molar-refractivity contribution is -0.119. The summed E-state index contributed by atoms with van der Waals surface area (Å²) in [7, 11) is 2.05. The van der Waals surface area contributed by atoms with E-state index in [9.17, 15) is 4.79 Å². The van der Waals surface area contributed by atoms with Gasteiger partial charge in [-0.2, -0.15) is 10.2 Å². The van der Waals surface area contributed by atoms with Crippen molar-refractivity contribution in [2.24, 2.45) is 15.6 Å². The number of nitrogens with zero attached hydrogens (tertiary/aromatic N) is 4. The van der Waals surface area contributed by atoms with Gasteiger partial charge in [-0.25, -0.2) is 0 Å². The Morgan fingerprint density at radius 3 is 2.66 bits per heavy atom. The highest BCUT2D eigenvalue weighted by molar-refractivity contribution is 6.01. The van der Waals surface area contributed by atoms with Gasteiger partial charge in [0.15, 0.2) is 11.9 Å². The average Bonchev–Trinajstić information content (AvgIpc) is 3.25. The predicted molar refractivity (Wildman–Crippen MR) is 126 cm³/mol. The Morgan fingerprint density at radius 1 is 1.12 bits per heavy atom. The van der Waals surface area contributed by atoms with Crippen LogP contribution in [0.2, 0.25) is 0 Å². The Morgan fingerprint density at radius 2 is 1.91 bits per heavy atom. The van der Waals surface area contributed by atoms with Crippen molar-refractivity contribution in [3.63, 3.8) is 0 Å². The number of pyridine rings is 1. The number of allylic oxidation sites excluding steroid dienone is 2. The molecule has 32 heavy (non-hydrogen) atoms. The Bertz CT molecular complexity index is 1160. The van der Waals surface area contributed by atoms with Crippen molar-refractivity contribution in [1.29, 1.82) is 0 Å². The number of ketones is 1. The van der Waals surface area contributed by atoms with Gasteiger partial charge in [-0.1, -0.05) is 32.9 Å². The van der Waals surface area contributed by atoms with Gasteiger partial charge >= 0.3 is 0 Å². The lowest BCUT2D eigenvalue weighted by Crippen LogP contribution is -2.51. The minimum absolute atomic E-state index is 0.0667. The summed E-state index contributed by atoms with van der Waals surface area (Å²) in [6, 6.07) is 12.5. The molecular weight excluding hydrogens is 398 g/mol. The van der Waals surface area contributed by atoms with Crippen molar-refractivity contribution in [2.75, 3.05) is 11.9 Å². The molecule has 1 aromatic heterocycles. The Labute approximate surface area is 189 Å². The zero-order valence-corrected chi connectivity index (χ0v) is 19.1. The van der Waals surface area contributed by atoms with Crippen molar-refractivity contribution >= 4 is 17.2 Å². The molecule has 6 heteroatoms. The largest absolute Gasteiger partial charge is 0.362 e. The summed E-state index contributed by atoms with van der Waals surface area (Å²) in [5.41, 5.74) is 5.64. The van der Waals surface area contributed by atoms with E-state index < -0.39 is 5.41 Å². The van der Waals surface area contributed by atoms with Crippen molar-refractivity contribution in [2.45, 2.75) is 51.6 Å². The Balaban J connectivity index is 1.68. The molecule has 5 rings (SSSR count). The maximum Gasteiger partial charge on any atom is 0.164 e. The average molecular weight is 428 g/mol. The van der Waals surface area contributed by atoms with Gasteiger partial charge in [0.1, 0.15) is 0 Å². The minimum atomic E-state index is -0.530. The van der Waals surface area contributed by atoms with Crippen LogP contribution in [0, 0.1) is 5.41 Å². The highest BCUT2D eigenvalue weighted by atomic mass is 16.1. The minimum Gasteiger partial charge on any atom is -0.362 e. The van der Waals surface area contributed by atoms with E-state index >= 15 is 0 Å². The summed E-state index contributed by atoms with van der Waals surface area (Å²) in [4.78, 5) is 19.9. The third-order valence-corrected chi connectivity index (χ3v) is 7.09. The molecule has 0 amide bonds. The van der Waals surface area contributed by atoms with Crippen molar-refractivity contribution in [1.82, 2.24) is 10.3 Å². The number of hydrogen-bond acceptors (Lipinski definition) is 6. The van der Waals surface area contributed by atoms with Gasteiger partial charge in [0.05, 0.1) is 11.6 Å². The number of benzene rings is 1. The lowest BCUT2D eigenvalue weighted by Gasteiger charge is -2.48. The molecule has 0 radical (unpaired) electrons. The molecule has 1 aliphatic carbocycles. The predicted octanol–water partition coefficient (Wildman–Crippen LogP) is 5.42. The number of hydrogen-bond donors (Lipinski definition) is 1. The van der Waals surface area contributed by atoms with Gasteiger partial charge in [0, 0.05) is 54.1 Å². The first-order valence-corrected chi connectivity index (χ1v) is 11.2. The summed E-state index contributed by atoms with van der Waals surface area (Å²) in [5, 5.41) is 12.3. The second-order valence-electron chi connectivity index (χ2n) is 9.73. The molecule has 2 aliphatic heterocycles. The van der Waals surface area contributed by atoms with Gasteiger partial charge in [-0.3, -0.25) is 9.78 Å². The van der Waals surface area contributed by atoms with Crippen LogP contribution in [0.1, 0.15) is 45.6 Å². The van der Waals surface area contributed by atoms with Crippen LogP contribution in [0.4, 0.5) is 11.4 Å². The molecule has 0 saturated carbocycles. The van der Waals surface area contributed by atoms with Crippen molar-refractivity contribution in [3.05, 3.63) is 77.4 Å². The first kappa shape index (κ1) is 20.6. The van der Waals surface area contributed by atoms with E-state index in [2.05, 4.69) is 77.5 Å². The van der Waals surface area contributed by atoms with E-state index in [1.807, 2.05) is 18.3 Å². The van der Waals surface area contributed by atoms with E-state index in [1.54, 1.807) is 12.4 Å². The Hall–Kier alpha value is -3.28. The maximum atomic E-state index is 13.6. The summed E-state index contributed by atoms with van der Waals surface area (Å²) >= 11 is 0. The standard InChI is InChI=1S/C26H29N5O/c1-5-26(17-7-6-8-19(13-17)31(4)18-9-11-27-12-10-18)20-16-28-30-24(20)29-21-14-25(2,3)15-22(32)23(21)26/h6-13,16,24,29H,5,14-15H2,1-4H3/t24?,26-/m0/s1. The Kier molecular flexibility index (Phi) is 4.77. The normalized spacial score (nSPS) is 25.7. The van der Waals surface area contributed by atoms with Crippen LogP contribution in [0.15, 0.2) is 82.1 Å². The molecular formula is C26H29N5O. The van der Waals surface area contributed by atoms with Crippen LogP contribution in [0.5, 0.6) is 0 Å². The van der Waals surface area contributed by atoms with E-state index in [-0.39, 0.29) is 17.4 Å². The number of carbonyl (C=O) groups excluding carboxylic acids is 1. The van der Waals surface area contributed by atoms with E-state index in [0.717, 1.165) is 46.6 Å². The molecule has 1 unspecified atom stereocenters. The molecule has 1 N–H and O–H groups in total. The van der Waals surface area contributed by atoms with Gasteiger partial charge in [-0.05, 0) is 48.1 Å². The molecule has 0 bridgehead atoms. The summed E-state index contributed by atoms with van der Waals surface area (Å²) < 4.78 is 0. The van der Waals surface area contributed by atoms with Gasteiger partial charge < -0.3 is 10.2 Å². The number of fused-ring (bicyclic) bond motifs is 1. The zero-order chi connectivity index (χ0) is 22.5. The van der Waals surface area contributed by atoms with Gasteiger partial charge in [0.25, 0.3) is 0 Å². The van der Waals surface area contributed by atoms with Crippen LogP contribution in [-0.4, -0.2) is 24.0 Å². The molecule has 0 spiro atoms. The SMILES string of the molecule is CC[C@]1(c2cccc(N(C)c3ccncc3)c2)C2=CN=NC2NC2=C1C(=O)CC(C)(C)C2. The molecule has 2 aromatic rings. The number of Topliss-reactive ketones (excluding diaryl/α,β-unsaturated/α-hetero) is 1. The number of anilines is 2. The van der Waals surface area contributed by atoms with Crippen molar-refractivity contribution in [3.8, 4) is 0 Å². The summed E-state index contributed by atoms with van der Waals surface area (Å²) in [6.07, 6.45) is 7.41. The van der Waals surface area contributed by atoms with Gasteiger partial charge in [-0.15, -0.1) is 0 Å². The molecule has 3 heterocycles. The third-order valence-electron chi connectivity index (χ3n) is 7.09. The molecule has 1 aromatic carbocycles. The van der Waals surface area contributed by atoms with E-state index in [4.69, 9.17) is 0 Å². The summed E-state index contributed by atoms with van der Waals surface area (Å²) in [6.45, 7) is 6.49. The fraction of sp³-hybridized carbons (Fsp3) is 0.385. The number of carbonyl (C=O) groups is 1. The van der Waals surface area contributed by atoms with Crippen molar-refractivity contribution < 1.29 is 4.79 Å². The molecule has 164 valence electrons. The first-order chi connectivity index (χ1) is 15.4. The number of aromatic nitrogens is 1. The molecule has 2 atom stereocenters. The van der Waals surface area contributed by atoms with Crippen LogP contribution in [0.3, 0.4) is 0 Å². The zero-order valence-electron chi connectivity index (χ0n) is 19.1. The highest BCUT2D eigenvalue weighted by Gasteiger charge is 2.53. The molecule has 6 nitrogen and oxygen atoms in total. The quantitative estimate of drug-likeness (QED) is 0.707. The van der Waals surface area contributed by atoms with Crippen LogP contribution < -0.4 is 10.2 Å². The second-order valence-corrected chi connectivity index (χ2v) is 9.73. The molecule has 0 saturated heterocycles. The van der Waals surface area contributed by atoms with Gasteiger partial charge in [0.2, 0.25) is 0 Å². The fourth-order valence-electron chi connectivity index (χ4n) is 5.59. The number of nitrogens with one attached hydrogen (secondary N) is 1. The topological polar surface area (TPSA) is 70.0 Å². The monoisotopic (exact) mass is 427 g/mol. The lowest BCUT2D eigenvalue weighted by atomic mass is 9.59.